The summed E-state index contributed by atoms with van der Waals surface area (Å²) in [6.07, 6.45) is 0. The molecule has 0 saturated heterocycles. The molecule has 3 aromatic heterocycles. The predicted octanol–water partition coefficient (Wildman–Crippen LogP) is 7.47. The third-order valence-electron chi connectivity index (χ3n) is 7.31. The number of para-hydroxylation sites is 2. The van der Waals surface area contributed by atoms with E-state index in [2.05, 4.69) is 60.7 Å². The molecule has 0 aliphatic carbocycles. The third kappa shape index (κ3) is 2.87. The zero-order valence-corrected chi connectivity index (χ0v) is 19.7. The smallest absolute Gasteiger partial charge is 0.264 e. The maximum Gasteiger partial charge on any atom is 0.264 e. The topological polar surface area (TPSA) is 47.3 Å². The molecule has 37 heavy (non-hydrogen) atoms. The predicted molar refractivity (Wildman–Crippen MR) is 151 cm³/mol. The van der Waals surface area contributed by atoms with Crippen molar-refractivity contribution in [3.05, 3.63) is 126 Å². The molecular formula is C33H19N3O. The SMILES string of the molecule is O=c1c2ccccc2c2cc(-c3cccc(-c4ccccc4)c3)cc3c4nc5ccccc5nc4n1c23. The number of fused-ring (bicyclic) bond motifs is 6. The Hall–Kier alpha value is -5.09. The molecule has 8 rings (SSSR count). The lowest BCUT2D eigenvalue weighted by atomic mass is 9.95. The van der Waals surface area contributed by atoms with E-state index < -0.39 is 0 Å². The van der Waals surface area contributed by atoms with E-state index in [4.69, 9.17) is 9.97 Å². The van der Waals surface area contributed by atoms with Gasteiger partial charge in [-0.1, -0.05) is 78.9 Å². The quantitative estimate of drug-likeness (QED) is 0.245. The van der Waals surface area contributed by atoms with Crippen LogP contribution in [0.15, 0.2) is 120 Å². The van der Waals surface area contributed by atoms with Crippen LogP contribution in [0.25, 0.3) is 71.5 Å². The van der Waals surface area contributed by atoms with Gasteiger partial charge in [0.2, 0.25) is 0 Å². The van der Waals surface area contributed by atoms with E-state index in [1.165, 1.54) is 5.56 Å². The molecule has 5 aromatic carbocycles. The van der Waals surface area contributed by atoms with Crippen LogP contribution in [-0.4, -0.2) is 14.4 Å². The van der Waals surface area contributed by atoms with Gasteiger partial charge in [-0.15, -0.1) is 0 Å². The third-order valence-corrected chi connectivity index (χ3v) is 7.31. The fourth-order valence-electron chi connectivity index (χ4n) is 5.59. The monoisotopic (exact) mass is 473 g/mol. The first kappa shape index (κ1) is 20.1. The van der Waals surface area contributed by atoms with E-state index in [9.17, 15) is 4.79 Å². The van der Waals surface area contributed by atoms with Gasteiger partial charge in [0, 0.05) is 16.2 Å². The Morgan fingerprint density at radius 3 is 1.92 bits per heavy atom. The zero-order chi connectivity index (χ0) is 24.5. The highest BCUT2D eigenvalue weighted by molar-refractivity contribution is 6.20. The van der Waals surface area contributed by atoms with Gasteiger partial charge >= 0.3 is 0 Å². The highest BCUT2D eigenvalue weighted by atomic mass is 16.1. The standard InChI is InChI=1S/C33H19N3O/c37-33-25-14-5-4-13-24(25)26-18-23(22-12-8-11-21(17-22)20-9-2-1-3-10-20)19-27-30-32(36(33)31(26)27)35-29-16-7-6-15-28(29)34-30/h1-19H. The van der Waals surface area contributed by atoms with Crippen molar-refractivity contribution in [2.45, 2.75) is 0 Å². The van der Waals surface area contributed by atoms with Crippen molar-refractivity contribution >= 4 is 49.3 Å². The number of benzene rings is 5. The van der Waals surface area contributed by atoms with Gasteiger partial charge in [0.05, 0.1) is 16.6 Å². The Balaban J connectivity index is 1.54. The van der Waals surface area contributed by atoms with E-state index in [0.717, 1.165) is 54.9 Å². The summed E-state index contributed by atoms with van der Waals surface area (Å²) in [5.74, 6) is 0. The molecule has 0 bridgehead atoms. The highest BCUT2D eigenvalue weighted by Crippen LogP contribution is 2.38. The van der Waals surface area contributed by atoms with Crippen LogP contribution >= 0.6 is 0 Å². The van der Waals surface area contributed by atoms with Gasteiger partial charge in [-0.25, -0.2) is 9.97 Å². The van der Waals surface area contributed by atoms with Crippen molar-refractivity contribution < 1.29 is 0 Å². The molecule has 8 aromatic rings. The molecule has 0 saturated carbocycles. The van der Waals surface area contributed by atoms with Gasteiger partial charge in [0.1, 0.15) is 5.52 Å². The molecule has 0 radical (unpaired) electrons. The average Bonchev–Trinajstić information content (AvgIpc) is 3.28. The second-order valence-electron chi connectivity index (χ2n) is 9.44. The maximum absolute atomic E-state index is 13.8. The van der Waals surface area contributed by atoms with E-state index in [1.807, 2.05) is 54.6 Å². The molecule has 0 amide bonds. The van der Waals surface area contributed by atoms with Crippen LogP contribution in [0.4, 0.5) is 0 Å². The molecule has 0 aliphatic heterocycles. The summed E-state index contributed by atoms with van der Waals surface area (Å²) in [6.45, 7) is 0. The van der Waals surface area contributed by atoms with E-state index >= 15 is 0 Å². The van der Waals surface area contributed by atoms with Crippen LogP contribution in [0.3, 0.4) is 0 Å². The van der Waals surface area contributed by atoms with E-state index in [1.54, 1.807) is 4.40 Å². The van der Waals surface area contributed by atoms with Crippen LogP contribution in [0.2, 0.25) is 0 Å². The summed E-state index contributed by atoms with van der Waals surface area (Å²) >= 11 is 0. The lowest BCUT2D eigenvalue weighted by Gasteiger charge is -2.10. The fraction of sp³-hybridized carbons (Fsp3) is 0. The van der Waals surface area contributed by atoms with Gasteiger partial charge in [-0.2, -0.15) is 0 Å². The van der Waals surface area contributed by atoms with Gasteiger partial charge in [0.15, 0.2) is 5.65 Å². The summed E-state index contributed by atoms with van der Waals surface area (Å²) in [6, 6.07) is 39.0. The average molecular weight is 474 g/mol. The molecule has 172 valence electrons. The summed E-state index contributed by atoms with van der Waals surface area (Å²) < 4.78 is 1.76. The summed E-state index contributed by atoms with van der Waals surface area (Å²) in [7, 11) is 0. The minimum Gasteiger partial charge on any atom is -0.268 e. The Bertz CT molecular complexity index is 2210. The number of rotatable bonds is 2. The Morgan fingerprint density at radius 2 is 1.11 bits per heavy atom. The van der Waals surface area contributed by atoms with Crippen LogP contribution in [0, 0.1) is 0 Å². The molecule has 0 fully saturated rings. The fourth-order valence-corrected chi connectivity index (χ4v) is 5.59. The molecule has 3 heterocycles. The van der Waals surface area contributed by atoms with Crippen molar-refractivity contribution in [3.8, 4) is 22.3 Å². The molecule has 4 heteroatoms. The summed E-state index contributed by atoms with van der Waals surface area (Å²) in [5.41, 5.74) is 8.29. The van der Waals surface area contributed by atoms with Crippen LogP contribution in [0.1, 0.15) is 0 Å². The van der Waals surface area contributed by atoms with Gasteiger partial charge in [-0.3, -0.25) is 9.20 Å². The molecule has 0 spiro atoms. The van der Waals surface area contributed by atoms with Crippen molar-refractivity contribution in [1.29, 1.82) is 0 Å². The van der Waals surface area contributed by atoms with Gasteiger partial charge < -0.3 is 0 Å². The number of aromatic nitrogens is 3. The molecule has 0 atom stereocenters. The molecule has 0 unspecified atom stereocenters. The summed E-state index contributed by atoms with van der Waals surface area (Å²) in [4.78, 5) is 23.7. The van der Waals surface area contributed by atoms with Crippen molar-refractivity contribution in [2.75, 3.05) is 0 Å². The Morgan fingerprint density at radius 1 is 0.486 bits per heavy atom. The van der Waals surface area contributed by atoms with Crippen LogP contribution < -0.4 is 5.56 Å². The second kappa shape index (κ2) is 7.45. The first-order valence-electron chi connectivity index (χ1n) is 12.3. The van der Waals surface area contributed by atoms with Crippen molar-refractivity contribution in [2.24, 2.45) is 0 Å². The second-order valence-corrected chi connectivity index (χ2v) is 9.44. The normalized spacial score (nSPS) is 11.9. The number of hydrogen-bond donors (Lipinski definition) is 0. The summed E-state index contributed by atoms with van der Waals surface area (Å²) in [5, 5.41) is 3.59. The van der Waals surface area contributed by atoms with E-state index in [0.29, 0.717) is 11.0 Å². The highest BCUT2D eigenvalue weighted by Gasteiger charge is 2.21. The lowest BCUT2D eigenvalue weighted by Crippen LogP contribution is -2.13. The number of pyridine rings is 1. The number of nitrogens with zero attached hydrogens (tertiary/aromatic N) is 3. The van der Waals surface area contributed by atoms with Crippen LogP contribution in [-0.2, 0) is 0 Å². The molecule has 0 aliphatic rings. The first-order chi connectivity index (χ1) is 18.3. The first-order valence-corrected chi connectivity index (χ1v) is 12.3. The minimum atomic E-state index is -0.0634. The lowest BCUT2D eigenvalue weighted by molar-refractivity contribution is 1.16. The number of hydrogen-bond acceptors (Lipinski definition) is 3. The molecule has 0 N–H and O–H groups in total. The van der Waals surface area contributed by atoms with E-state index in [-0.39, 0.29) is 5.56 Å². The van der Waals surface area contributed by atoms with Crippen molar-refractivity contribution in [3.63, 3.8) is 0 Å². The minimum absolute atomic E-state index is 0.0634. The Labute approximate surface area is 211 Å². The molecule has 4 nitrogen and oxygen atoms in total. The maximum atomic E-state index is 13.8. The molecular weight excluding hydrogens is 454 g/mol. The zero-order valence-electron chi connectivity index (χ0n) is 19.7. The largest absolute Gasteiger partial charge is 0.268 e. The van der Waals surface area contributed by atoms with Gasteiger partial charge in [0.25, 0.3) is 5.56 Å². The van der Waals surface area contributed by atoms with Gasteiger partial charge in [-0.05, 0) is 64.0 Å². The van der Waals surface area contributed by atoms with Crippen LogP contribution in [0.5, 0.6) is 0 Å². The van der Waals surface area contributed by atoms with Crippen molar-refractivity contribution in [1.82, 2.24) is 14.4 Å². The Kier molecular flexibility index (Phi) is 4.06.